The third-order valence-corrected chi connectivity index (χ3v) is 16.2. The number of esters is 2. The number of allylic oxidation sites excluding steroid dienone is 1. The summed E-state index contributed by atoms with van der Waals surface area (Å²) in [5.41, 5.74) is 4.84. The van der Waals surface area contributed by atoms with E-state index in [1.54, 1.807) is 50.6 Å². The van der Waals surface area contributed by atoms with Crippen molar-refractivity contribution < 1.29 is 78.2 Å². The molecule has 0 saturated heterocycles. The summed E-state index contributed by atoms with van der Waals surface area (Å²) in [4.78, 5) is 44.0. The van der Waals surface area contributed by atoms with Gasteiger partial charge in [0.25, 0.3) is 0 Å². The quantitative estimate of drug-likeness (QED) is 0.0134. The number of ether oxygens (including phenoxy) is 7. The summed E-state index contributed by atoms with van der Waals surface area (Å²) in [5, 5.41) is 1.09. The number of benzene rings is 5. The van der Waals surface area contributed by atoms with Crippen LogP contribution in [0.1, 0.15) is 75.6 Å². The molecule has 1 N–H and O–H groups in total. The Labute approximate surface area is 580 Å². The van der Waals surface area contributed by atoms with Gasteiger partial charge in [0.15, 0.2) is 10.1 Å². The Kier molecular flexibility index (Phi) is 32.0. The van der Waals surface area contributed by atoms with Crippen molar-refractivity contribution >= 4 is 66.6 Å². The Hall–Kier alpha value is -9.77. The number of rotatable bonds is 33. The van der Waals surface area contributed by atoms with E-state index in [9.17, 15) is 27.6 Å². The van der Waals surface area contributed by atoms with E-state index in [1.807, 2.05) is 74.5 Å². The molecule has 0 amide bonds. The van der Waals surface area contributed by atoms with Crippen molar-refractivity contribution in [2.75, 3.05) is 108 Å². The summed E-state index contributed by atoms with van der Waals surface area (Å²) < 4.78 is 104. The van der Waals surface area contributed by atoms with Gasteiger partial charge < -0.3 is 61.7 Å². The Balaban J connectivity index is 0.000000275. The largest absolute Gasteiger partial charge is 0.741 e. The van der Waals surface area contributed by atoms with E-state index in [1.165, 1.54) is 10.5 Å². The number of alkyl halides is 3. The van der Waals surface area contributed by atoms with E-state index >= 15 is 0 Å². The van der Waals surface area contributed by atoms with Gasteiger partial charge in [0.1, 0.15) is 64.9 Å². The molecule has 0 spiro atoms. The zero-order chi connectivity index (χ0) is 72.8. The van der Waals surface area contributed by atoms with E-state index in [0.717, 1.165) is 114 Å². The van der Waals surface area contributed by atoms with Crippen LogP contribution in [0.3, 0.4) is 0 Å². The van der Waals surface area contributed by atoms with Gasteiger partial charge in [-0.1, -0.05) is 56.7 Å². The second-order valence-electron chi connectivity index (χ2n) is 22.4. The number of halogens is 3. The van der Waals surface area contributed by atoms with Crippen LogP contribution in [-0.4, -0.2) is 129 Å². The summed E-state index contributed by atoms with van der Waals surface area (Å²) in [6, 6.07) is 27.3. The Morgan fingerprint density at radius 1 is 0.646 bits per heavy atom. The van der Waals surface area contributed by atoms with Crippen LogP contribution in [0.25, 0.3) is 27.5 Å². The molecule has 5 aromatic carbocycles. The average molecular weight is 1390 g/mol. The molecule has 1 aliphatic heterocycles. The van der Waals surface area contributed by atoms with Gasteiger partial charge in [-0.25, -0.2) is 8.42 Å². The molecule has 1 unspecified atom stereocenters. The van der Waals surface area contributed by atoms with Crippen molar-refractivity contribution in [3.63, 3.8) is 0 Å². The van der Waals surface area contributed by atoms with Gasteiger partial charge in [-0.05, 0) is 138 Å². The van der Waals surface area contributed by atoms with Crippen molar-refractivity contribution in [3.8, 4) is 28.7 Å². The number of fused-ring (bicyclic) bond motifs is 4. The lowest BCUT2D eigenvalue weighted by molar-refractivity contribution is -0.900. The fourth-order valence-electron chi connectivity index (χ4n) is 11.0. The van der Waals surface area contributed by atoms with Gasteiger partial charge >= 0.3 is 17.4 Å². The van der Waals surface area contributed by atoms with Gasteiger partial charge in [0.05, 0.1) is 51.3 Å². The molecule has 18 nitrogen and oxygen atoms in total. The Morgan fingerprint density at radius 2 is 1.18 bits per heavy atom. The van der Waals surface area contributed by atoms with Crippen LogP contribution in [0.5, 0.6) is 28.7 Å². The average Bonchev–Trinajstić information content (AvgIpc) is 0.750. The second-order valence-corrected chi connectivity index (χ2v) is 23.8. The van der Waals surface area contributed by atoms with Crippen LogP contribution in [0.15, 0.2) is 200 Å². The minimum absolute atomic E-state index is 0.0536. The first-order valence-corrected chi connectivity index (χ1v) is 34.0. The van der Waals surface area contributed by atoms with Crippen molar-refractivity contribution in [1.82, 2.24) is 0 Å². The zero-order valence-corrected chi connectivity index (χ0v) is 58.8. The molecule has 99 heavy (non-hydrogen) atoms. The number of aryl methyl sites for hydroxylation is 2. The molecule has 1 aromatic heterocycles. The number of anilines is 3. The van der Waals surface area contributed by atoms with Crippen molar-refractivity contribution in [2.24, 2.45) is 0 Å². The highest BCUT2D eigenvalue weighted by Gasteiger charge is 2.37. The van der Waals surface area contributed by atoms with E-state index < -0.39 is 15.6 Å². The maximum atomic E-state index is 12.8. The molecule has 1 atom stereocenters. The maximum absolute atomic E-state index is 12.8. The summed E-state index contributed by atoms with van der Waals surface area (Å²) in [6.07, 6.45) is 19.9. The lowest BCUT2D eigenvalue weighted by atomic mass is 9.85. The predicted octanol–water partition coefficient (Wildman–Crippen LogP) is 13.9. The molecule has 8 rings (SSSR count). The highest BCUT2D eigenvalue weighted by atomic mass is 32.2. The Bertz CT molecular complexity index is 4040. The molecule has 532 valence electrons. The fraction of sp³-hybridized carbons (Fsp3) is 0.338. The first-order valence-electron chi connectivity index (χ1n) is 32.6. The molecular weight excluding hydrogens is 1290 g/mol. The van der Waals surface area contributed by atoms with Gasteiger partial charge in [0, 0.05) is 128 Å². The first kappa shape index (κ1) is 79.9. The number of hydrogen-bond acceptors (Lipinski definition) is 17. The molecule has 2 heterocycles. The Morgan fingerprint density at radius 3 is 1.70 bits per heavy atom. The lowest BCUT2D eigenvalue weighted by Crippen LogP contribution is -3.15. The first-order chi connectivity index (χ1) is 47.4. The molecule has 0 radical (unpaired) electrons. The van der Waals surface area contributed by atoms with Crippen molar-refractivity contribution in [1.29, 1.82) is 0 Å². The van der Waals surface area contributed by atoms with Crippen LogP contribution in [-0.2, 0) is 29.2 Å². The van der Waals surface area contributed by atoms with Gasteiger partial charge in [-0.3, -0.25) is 14.4 Å². The molecule has 0 bridgehead atoms. The monoisotopic (exact) mass is 1390 g/mol. The standard InChI is InChI=1S/C38H46N2O5.C22H21NO3.C16H25NO3.CHF3O3S/c1-8-19-40(20-9-2)28-15-17-30-35(24-28)45-36-25-29(44-22-10-3)16-18-31(36)38(30)32-23-27(6)33(26-34(32)42-7)39(11-4)21-13-14-37(41)43-12-5;1-4-11-23(12-5-2)16-7-9-18-20(14-16)26-21-15-17(25-13-6-3)8-10-19(21)22(18)24;1-5-17(11-7-8-16(18)20-6-2)15-12-14(19-4)10-9-13(15)3;2-1(3,4)8(5,6)7/h8-10,15-18,23-26,28H,1-3,11-14,19-22H2,4-7H3;4-10,14-15H,1-3,11-13H2;9-10,12H,5-8,11H2,1-4H3;(H,5,6,7). The second kappa shape index (κ2) is 39.6. The lowest BCUT2D eigenvalue weighted by Gasteiger charge is -2.32. The van der Waals surface area contributed by atoms with Crippen LogP contribution < -0.4 is 48.7 Å². The van der Waals surface area contributed by atoms with Crippen molar-refractivity contribution in [2.45, 2.75) is 78.8 Å². The summed E-state index contributed by atoms with van der Waals surface area (Å²) in [5.74, 6) is 4.22. The molecule has 22 heteroatoms. The number of nitrogens with one attached hydrogen (secondary N) is 1. The van der Waals surface area contributed by atoms with Crippen LogP contribution in [0.2, 0.25) is 0 Å². The normalized spacial score (nSPS) is 12.8. The summed E-state index contributed by atoms with van der Waals surface area (Å²) in [7, 11) is -2.71. The summed E-state index contributed by atoms with van der Waals surface area (Å²) >= 11 is 0. The van der Waals surface area contributed by atoms with Crippen molar-refractivity contribution in [3.05, 3.63) is 223 Å². The third-order valence-electron chi connectivity index (χ3n) is 15.7. The number of hydrogen-bond donors (Lipinski definition) is 1. The van der Waals surface area contributed by atoms with E-state index in [-0.39, 0.29) is 23.4 Å². The number of quaternary nitrogens is 1. The van der Waals surface area contributed by atoms with Crippen LogP contribution >= 0.6 is 0 Å². The molecule has 0 saturated carbocycles. The molecule has 6 aromatic rings. The minimum Gasteiger partial charge on any atom is -0.741 e. The summed E-state index contributed by atoms with van der Waals surface area (Å²) in [6.45, 7) is 42.9. The third kappa shape index (κ3) is 22.6. The zero-order valence-electron chi connectivity index (χ0n) is 58.0. The number of methoxy groups -OCH3 is 2. The van der Waals surface area contributed by atoms with Crippen LogP contribution in [0.4, 0.5) is 30.2 Å². The molecular formula is C77H93F3N4O14S. The highest BCUT2D eigenvalue weighted by Crippen LogP contribution is 2.48. The smallest absolute Gasteiger partial charge is 0.485 e. The number of carbonyl (C=O) groups is 2. The van der Waals surface area contributed by atoms with Gasteiger partial charge in [0.2, 0.25) is 5.43 Å². The van der Waals surface area contributed by atoms with E-state index in [4.69, 9.17) is 50.5 Å². The fourth-order valence-corrected chi connectivity index (χ4v) is 11.0. The molecule has 2 aliphatic rings. The number of nitrogens with zero attached hydrogens (tertiary/aromatic N) is 3. The highest BCUT2D eigenvalue weighted by molar-refractivity contribution is 7.86. The molecule has 1 aliphatic carbocycles. The maximum Gasteiger partial charge on any atom is 0.485 e. The van der Waals surface area contributed by atoms with Gasteiger partial charge in [-0.2, -0.15) is 13.2 Å². The van der Waals surface area contributed by atoms with Gasteiger partial charge in [-0.15, -0.1) is 13.2 Å². The van der Waals surface area contributed by atoms with Crippen LogP contribution in [0, 0.1) is 13.8 Å². The SMILES string of the molecule is C=CCOc1ccc2c(=O)c3ccc(N(CC=C)CC=C)cc3oc2c1.C=CCOc1ccc2c(c1)OC1=CC([NH+](CC=C)CC=C)C=CC1=C2c1cc(C)c(N(CC)CCCC(=O)OCC)cc1OC.CCOC(=O)CCCN(CC)c1cc(OC)ccc1C.O=S(=O)([O-])C(F)(F)F. The number of carbonyl (C=O) groups excluding carboxylic acids is 2. The topological polar surface area (TPSA) is 200 Å². The predicted molar refractivity (Wildman–Crippen MR) is 388 cm³/mol. The minimum atomic E-state index is -6.09. The van der Waals surface area contributed by atoms with E-state index in [0.29, 0.717) is 92.2 Å². The molecule has 0 fully saturated rings. The van der Waals surface area contributed by atoms with E-state index in [2.05, 4.69) is 124 Å².